The van der Waals surface area contributed by atoms with Crippen LogP contribution < -0.4 is 4.90 Å². The van der Waals surface area contributed by atoms with Crippen LogP contribution in [0.2, 0.25) is 0 Å². The molecule has 0 N–H and O–H groups in total. The molecule has 0 spiro atoms. The molecule has 2 heterocycles. The number of hydrogen-bond donors (Lipinski definition) is 0. The predicted octanol–water partition coefficient (Wildman–Crippen LogP) is 2.50. The maximum atomic E-state index is 13.0. The summed E-state index contributed by atoms with van der Waals surface area (Å²) < 4.78 is 40.1. The highest BCUT2D eigenvalue weighted by molar-refractivity contribution is 6.00. The highest BCUT2D eigenvalue weighted by Gasteiger charge is 2.39. The minimum absolute atomic E-state index is 0.119. The van der Waals surface area contributed by atoms with Crippen molar-refractivity contribution in [1.82, 2.24) is 9.38 Å². The fourth-order valence-corrected chi connectivity index (χ4v) is 1.73. The van der Waals surface area contributed by atoms with Gasteiger partial charge in [0.05, 0.1) is 0 Å². The van der Waals surface area contributed by atoms with Gasteiger partial charge in [0, 0.05) is 13.2 Å². The van der Waals surface area contributed by atoms with Crippen LogP contribution in [0.25, 0.3) is 5.65 Å². The number of amides is 1. The van der Waals surface area contributed by atoms with Crippen molar-refractivity contribution < 1.29 is 18.0 Å². The SMILES string of the molecule is C=CC(=O)N(C)c1c(C(F)(F)F)nc2ccccn12. The largest absolute Gasteiger partial charge is 0.437 e. The van der Waals surface area contributed by atoms with Crippen molar-refractivity contribution in [2.24, 2.45) is 0 Å². The zero-order chi connectivity index (χ0) is 14.2. The molecule has 0 aliphatic carbocycles. The van der Waals surface area contributed by atoms with E-state index in [9.17, 15) is 18.0 Å². The molecule has 0 bridgehead atoms. The first-order chi connectivity index (χ1) is 8.86. The Morgan fingerprint density at radius 2 is 2.16 bits per heavy atom. The van der Waals surface area contributed by atoms with Crippen molar-refractivity contribution >= 4 is 17.4 Å². The minimum Gasteiger partial charge on any atom is -0.296 e. The van der Waals surface area contributed by atoms with Gasteiger partial charge in [-0.1, -0.05) is 12.6 Å². The lowest BCUT2D eigenvalue weighted by molar-refractivity contribution is -0.140. The third-order valence-electron chi connectivity index (χ3n) is 2.60. The first kappa shape index (κ1) is 13.1. The molecule has 0 aliphatic heterocycles. The third kappa shape index (κ3) is 2.18. The van der Waals surface area contributed by atoms with Crippen LogP contribution in [-0.4, -0.2) is 22.3 Å². The molecular weight excluding hydrogens is 259 g/mol. The summed E-state index contributed by atoms with van der Waals surface area (Å²) in [5, 5.41) is 0. The van der Waals surface area contributed by atoms with E-state index in [1.54, 1.807) is 12.1 Å². The second kappa shape index (κ2) is 4.42. The lowest BCUT2D eigenvalue weighted by Gasteiger charge is -2.17. The van der Waals surface area contributed by atoms with Gasteiger partial charge in [0.15, 0.2) is 11.5 Å². The molecule has 0 aliphatic rings. The van der Waals surface area contributed by atoms with E-state index in [0.29, 0.717) is 0 Å². The van der Waals surface area contributed by atoms with Gasteiger partial charge in [-0.3, -0.25) is 14.1 Å². The van der Waals surface area contributed by atoms with E-state index in [1.807, 2.05) is 0 Å². The molecule has 0 saturated carbocycles. The number of likely N-dealkylation sites (N-methyl/N-ethyl adjacent to an activating group) is 1. The highest BCUT2D eigenvalue weighted by atomic mass is 19.4. The molecule has 7 heteroatoms. The zero-order valence-electron chi connectivity index (χ0n) is 9.98. The average Bonchev–Trinajstić information content (AvgIpc) is 2.76. The molecule has 0 aromatic carbocycles. The Kier molecular flexibility index (Phi) is 3.05. The minimum atomic E-state index is -4.64. The molecule has 4 nitrogen and oxygen atoms in total. The van der Waals surface area contributed by atoms with Gasteiger partial charge in [-0.05, 0) is 18.2 Å². The van der Waals surface area contributed by atoms with E-state index in [4.69, 9.17) is 0 Å². The van der Waals surface area contributed by atoms with Gasteiger partial charge < -0.3 is 0 Å². The Hall–Kier alpha value is -2.31. The van der Waals surface area contributed by atoms with E-state index >= 15 is 0 Å². The van der Waals surface area contributed by atoms with Crippen LogP contribution in [0.4, 0.5) is 19.0 Å². The summed E-state index contributed by atoms with van der Waals surface area (Å²) in [4.78, 5) is 15.9. The zero-order valence-corrected chi connectivity index (χ0v) is 9.98. The molecule has 0 atom stereocenters. The summed E-state index contributed by atoms with van der Waals surface area (Å²) >= 11 is 0. The molecule has 100 valence electrons. The molecule has 2 aromatic heterocycles. The first-order valence-electron chi connectivity index (χ1n) is 5.30. The lowest BCUT2D eigenvalue weighted by atomic mass is 10.3. The predicted molar refractivity (Wildman–Crippen MR) is 63.8 cm³/mol. The number of anilines is 1. The molecular formula is C12H10F3N3O. The van der Waals surface area contributed by atoms with E-state index < -0.39 is 17.8 Å². The fraction of sp³-hybridized carbons (Fsp3) is 0.167. The number of hydrogen-bond acceptors (Lipinski definition) is 2. The van der Waals surface area contributed by atoms with E-state index in [1.165, 1.54) is 23.7 Å². The van der Waals surface area contributed by atoms with Crippen LogP contribution in [0.3, 0.4) is 0 Å². The highest BCUT2D eigenvalue weighted by Crippen LogP contribution is 2.36. The molecule has 2 rings (SSSR count). The summed E-state index contributed by atoms with van der Waals surface area (Å²) in [6.45, 7) is 3.26. The number of fused-ring (bicyclic) bond motifs is 1. The Labute approximate surface area is 106 Å². The van der Waals surface area contributed by atoms with Gasteiger partial charge in [0.1, 0.15) is 5.65 Å². The number of halogens is 3. The van der Waals surface area contributed by atoms with Crippen LogP contribution >= 0.6 is 0 Å². The number of imidazole rings is 1. The lowest BCUT2D eigenvalue weighted by Crippen LogP contribution is -2.27. The van der Waals surface area contributed by atoms with Gasteiger partial charge >= 0.3 is 6.18 Å². The topological polar surface area (TPSA) is 37.6 Å². The fourth-order valence-electron chi connectivity index (χ4n) is 1.73. The maximum absolute atomic E-state index is 13.0. The number of aromatic nitrogens is 2. The van der Waals surface area contributed by atoms with Crippen molar-refractivity contribution in [3.8, 4) is 0 Å². The molecule has 0 unspecified atom stereocenters. The molecule has 19 heavy (non-hydrogen) atoms. The summed E-state index contributed by atoms with van der Waals surface area (Å²) in [5.41, 5.74) is -0.982. The summed E-state index contributed by atoms with van der Waals surface area (Å²) in [6, 6.07) is 4.57. The Balaban J connectivity index is 2.75. The molecule has 1 amide bonds. The number of alkyl halides is 3. The normalized spacial score (nSPS) is 11.6. The van der Waals surface area contributed by atoms with Gasteiger partial charge in [0.25, 0.3) is 5.91 Å². The standard InChI is InChI=1S/C12H10F3N3O/c1-3-9(19)17(2)11-10(12(13,14)15)16-8-6-4-5-7-18(8)11/h3-7H,1H2,2H3. The van der Waals surface area contributed by atoms with E-state index in [0.717, 1.165) is 11.0 Å². The van der Waals surface area contributed by atoms with Gasteiger partial charge in [-0.25, -0.2) is 4.98 Å². The maximum Gasteiger partial charge on any atom is 0.437 e. The third-order valence-corrected chi connectivity index (χ3v) is 2.60. The number of rotatable bonds is 2. The second-order valence-corrected chi connectivity index (χ2v) is 3.81. The van der Waals surface area contributed by atoms with E-state index in [2.05, 4.69) is 11.6 Å². The summed E-state index contributed by atoms with van der Waals surface area (Å²) in [6.07, 6.45) is -2.28. The Bertz CT molecular complexity index is 645. The number of nitrogens with zero attached hydrogens (tertiary/aromatic N) is 3. The molecule has 0 radical (unpaired) electrons. The van der Waals surface area contributed by atoms with Crippen molar-refractivity contribution in [2.45, 2.75) is 6.18 Å². The van der Waals surface area contributed by atoms with Crippen molar-refractivity contribution in [3.63, 3.8) is 0 Å². The van der Waals surface area contributed by atoms with Gasteiger partial charge in [-0.15, -0.1) is 0 Å². The molecule has 2 aromatic rings. The monoisotopic (exact) mass is 269 g/mol. The van der Waals surface area contributed by atoms with Crippen LogP contribution in [0, 0.1) is 0 Å². The summed E-state index contributed by atoms with van der Waals surface area (Å²) in [5.74, 6) is -0.968. The smallest absolute Gasteiger partial charge is 0.296 e. The quantitative estimate of drug-likeness (QED) is 0.785. The second-order valence-electron chi connectivity index (χ2n) is 3.81. The summed E-state index contributed by atoms with van der Waals surface area (Å²) in [7, 11) is 1.25. The van der Waals surface area contributed by atoms with Crippen LogP contribution in [0.5, 0.6) is 0 Å². The van der Waals surface area contributed by atoms with Crippen molar-refractivity contribution in [3.05, 3.63) is 42.7 Å². The van der Waals surface area contributed by atoms with Crippen molar-refractivity contribution in [1.29, 1.82) is 0 Å². The average molecular weight is 269 g/mol. The van der Waals surface area contributed by atoms with Crippen LogP contribution in [0.1, 0.15) is 5.69 Å². The Morgan fingerprint density at radius 3 is 2.74 bits per heavy atom. The Morgan fingerprint density at radius 1 is 1.47 bits per heavy atom. The van der Waals surface area contributed by atoms with E-state index in [-0.39, 0.29) is 11.5 Å². The van der Waals surface area contributed by atoms with Crippen LogP contribution in [-0.2, 0) is 11.0 Å². The number of pyridine rings is 1. The number of carbonyl (C=O) groups is 1. The molecule has 0 fully saturated rings. The first-order valence-corrected chi connectivity index (χ1v) is 5.30. The number of carbonyl (C=O) groups excluding carboxylic acids is 1. The van der Waals surface area contributed by atoms with Crippen LogP contribution in [0.15, 0.2) is 37.1 Å². The van der Waals surface area contributed by atoms with Gasteiger partial charge in [0.2, 0.25) is 0 Å². The van der Waals surface area contributed by atoms with Crippen molar-refractivity contribution in [2.75, 3.05) is 11.9 Å². The molecule has 0 saturated heterocycles. The van der Waals surface area contributed by atoms with Gasteiger partial charge in [-0.2, -0.15) is 13.2 Å².